The number of Topliss-reactive ketones (excluding diaryl/α,β-unsaturated/α-hetero) is 1. The van der Waals surface area contributed by atoms with Gasteiger partial charge in [-0.15, -0.1) is 0 Å². The molecule has 5 nitrogen and oxygen atoms in total. The van der Waals surface area contributed by atoms with Crippen molar-refractivity contribution in [2.75, 3.05) is 18.0 Å². The maximum atomic E-state index is 13.5. The Morgan fingerprint density at radius 1 is 1.20 bits per heavy atom. The van der Waals surface area contributed by atoms with Crippen LogP contribution in [0.15, 0.2) is 42.5 Å². The molecule has 0 spiro atoms. The number of rotatable bonds is 6. The van der Waals surface area contributed by atoms with Gasteiger partial charge >= 0.3 is 0 Å². The van der Waals surface area contributed by atoms with Crippen molar-refractivity contribution >= 4 is 23.8 Å². The number of hydrogen-bond donors (Lipinski definition) is 1. The lowest BCUT2D eigenvalue weighted by Gasteiger charge is -2.10. The molecule has 25 heavy (non-hydrogen) atoms. The summed E-state index contributed by atoms with van der Waals surface area (Å²) in [6.45, 7) is 0.749. The Hall–Kier alpha value is -3.02. The monoisotopic (exact) mass is 340 g/mol. The Morgan fingerprint density at radius 2 is 2.00 bits per heavy atom. The largest absolute Gasteiger partial charge is 0.351 e. The predicted octanol–water partition coefficient (Wildman–Crippen LogP) is 2.35. The number of amides is 2. The van der Waals surface area contributed by atoms with Gasteiger partial charge in [0.25, 0.3) is 5.91 Å². The van der Waals surface area contributed by atoms with Gasteiger partial charge in [0.1, 0.15) is 5.82 Å². The van der Waals surface area contributed by atoms with Gasteiger partial charge in [-0.1, -0.05) is 12.1 Å². The molecule has 1 heterocycles. The number of benzene rings is 2. The van der Waals surface area contributed by atoms with Gasteiger partial charge in [-0.2, -0.15) is 0 Å². The Labute approximate surface area is 144 Å². The van der Waals surface area contributed by atoms with E-state index >= 15 is 0 Å². The van der Waals surface area contributed by atoms with E-state index in [1.165, 1.54) is 18.2 Å². The van der Waals surface area contributed by atoms with Gasteiger partial charge in [-0.3, -0.25) is 14.4 Å². The van der Waals surface area contributed by atoms with Gasteiger partial charge in [-0.25, -0.2) is 4.39 Å². The summed E-state index contributed by atoms with van der Waals surface area (Å²) in [6, 6.07) is 10.9. The third-order valence-electron chi connectivity index (χ3n) is 4.22. The van der Waals surface area contributed by atoms with Crippen molar-refractivity contribution in [1.82, 2.24) is 5.32 Å². The Kier molecular flexibility index (Phi) is 4.88. The van der Waals surface area contributed by atoms with Crippen molar-refractivity contribution in [3.8, 4) is 0 Å². The molecule has 0 atom stereocenters. The van der Waals surface area contributed by atoms with Crippen LogP contribution in [0.4, 0.5) is 10.1 Å². The van der Waals surface area contributed by atoms with E-state index in [4.69, 9.17) is 0 Å². The van der Waals surface area contributed by atoms with Crippen LogP contribution in [0, 0.1) is 5.82 Å². The number of hydrogen-bond acceptors (Lipinski definition) is 3. The molecule has 0 bridgehead atoms. The van der Waals surface area contributed by atoms with Crippen LogP contribution in [0.3, 0.4) is 0 Å². The number of carbonyl (C=O) groups excluding carboxylic acids is 3. The third-order valence-corrected chi connectivity index (χ3v) is 4.22. The molecule has 1 aliphatic rings. The van der Waals surface area contributed by atoms with Crippen molar-refractivity contribution < 1.29 is 18.8 Å². The van der Waals surface area contributed by atoms with E-state index in [0.29, 0.717) is 12.1 Å². The van der Waals surface area contributed by atoms with Gasteiger partial charge in [0, 0.05) is 30.8 Å². The number of nitrogens with zero attached hydrogens (tertiary/aromatic N) is 1. The van der Waals surface area contributed by atoms with Crippen molar-refractivity contribution in [3.63, 3.8) is 0 Å². The van der Waals surface area contributed by atoms with Crippen molar-refractivity contribution in [2.24, 2.45) is 0 Å². The Bertz CT molecular complexity index is 835. The minimum Gasteiger partial charge on any atom is -0.351 e. The van der Waals surface area contributed by atoms with E-state index in [1.807, 2.05) is 0 Å². The second-order valence-corrected chi connectivity index (χ2v) is 5.80. The zero-order valence-corrected chi connectivity index (χ0v) is 13.5. The first-order valence-electron chi connectivity index (χ1n) is 8.01. The van der Waals surface area contributed by atoms with Gasteiger partial charge < -0.3 is 10.2 Å². The van der Waals surface area contributed by atoms with E-state index in [1.54, 1.807) is 29.2 Å². The fourth-order valence-corrected chi connectivity index (χ4v) is 2.88. The smallest absolute Gasteiger partial charge is 0.254 e. The summed E-state index contributed by atoms with van der Waals surface area (Å²) in [5, 5.41) is 2.55. The quantitative estimate of drug-likeness (QED) is 0.648. The first kappa shape index (κ1) is 16.8. The Balaban J connectivity index is 1.58. The predicted molar refractivity (Wildman–Crippen MR) is 91.2 cm³/mol. The van der Waals surface area contributed by atoms with Gasteiger partial charge in [0.05, 0.1) is 5.56 Å². The molecule has 2 aromatic carbocycles. The minimum atomic E-state index is -0.593. The first-order chi connectivity index (χ1) is 12.1. The fraction of sp³-hybridized carbons (Fsp3) is 0.211. The standard InChI is InChI=1S/C19H17FN2O3/c20-16-4-2-1-3-15(16)19(25)21-9-7-18(24)14-5-6-17-13(11-14)8-10-22(17)12-23/h1-6,11-12H,7-10H2,(H,21,25). The number of ketones is 1. The fourth-order valence-electron chi connectivity index (χ4n) is 2.88. The summed E-state index contributed by atoms with van der Waals surface area (Å²) < 4.78 is 13.5. The lowest BCUT2D eigenvalue weighted by Crippen LogP contribution is -2.26. The molecule has 1 N–H and O–H groups in total. The molecule has 0 aromatic heterocycles. The van der Waals surface area contributed by atoms with Gasteiger partial charge in [-0.05, 0) is 42.3 Å². The average Bonchev–Trinajstić information content (AvgIpc) is 3.04. The molecular weight excluding hydrogens is 323 g/mol. The molecule has 6 heteroatoms. The second kappa shape index (κ2) is 7.25. The van der Waals surface area contributed by atoms with Crippen LogP contribution in [0.1, 0.15) is 32.7 Å². The zero-order chi connectivity index (χ0) is 17.8. The highest BCUT2D eigenvalue weighted by atomic mass is 19.1. The van der Waals surface area contributed by atoms with Gasteiger partial charge in [0.15, 0.2) is 5.78 Å². The lowest BCUT2D eigenvalue weighted by molar-refractivity contribution is -0.107. The molecule has 1 aliphatic heterocycles. The maximum Gasteiger partial charge on any atom is 0.254 e. The van der Waals surface area contributed by atoms with E-state index in [2.05, 4.69) is 5.32 Å². The summed E-state index contributed by atoms with van der Waals surface area (Å²) in [5.74, 6) is -1.24. The van der Waals surface area contributed by atoms with E-state index < -0.39 is 11.7 Å². The van der Waals surface area contributed by atoms with E-state index in [-0.39, 0.29) is 24.3 Å². The molecule has 128 valence electrons. The normalized spacial score (nSPS) is 12.6. The highest BCUT2D eigenvalue weighted by Gasteiger charge is 2.20. The topological polar surface area (TPSA) is 66.5 Å². The maximum absolute atomic E-state index is 13.5. The number of nitrogens with one attached hydrogen (secondary N) is 1. The molecule has 3 rings (SSSR count). The van der Waals surface area contributed by atoms with Crippen LogP contribution in [-0.2, 0) is 11.2 Å². The molecule has 0 saturated heterocycles. The molecule has 0 saturated carbocycles. The summed E-state index contributed by atoms with van der Waals surface area (Å²) >= 11 is 0. The molecule has 2 aromatic rings. The highest BCUT2D eigenvalue weighted by molar-refractivity contribution is 5.98. The molecule has 0 radical (unpaired) electrons. The van der Waals surface area contributed by atoms with Crippen LogP contribution in [0.2, 0.25) is 0 Å². The van der Waals surface area contributed by atoms with Crippen LogP contribution in [0.5, 0.6) is 0 Å². The highest BCUT2D eigenvalue weighted by Crippen LogP contribution is 2.27. The number of carbonyl (C=O) groups is 3. The third kappa shape index (κ3) is 3.57. The number of anilines is 1. The summed E-state index contributed by atoms with van der Waals surface area (Å²) in [5.41, 5.74) is 2.31. The van der Waals surface area contributed by atoms with Crippen molar-refractivity contribution in [1.29, 1.82) is 0 Å². The van der Waals surface area contributed by atoms with Crippen LogP contribution in [-0.4, -0.2) is 31.2 Å². The van der Waals surface area contributed by atoms with Gasteiger partial charge in [0.2, 0.25) is 6.41 Å². The molecular formula is C19H17FN2O3. The van der Waals surface area contributed by atoms with E-state index in [0.717, 1.165) is 24.1 Å². The van der Waals surface area contributed by atoms with Crippen molar-refractivity contribution in [3.05, 3.63) is 65.0 Å². The van der Waals surface area contributed by atoms with Crippen LogP contribution >= 0.6 is 0 Å². The Morgan fingerprint density at radius 3 is 2.76 bits per heavy atom. The number of halogens is 1. The summed E-state index contributed by atoms with van der Waals surface area (Å²) in [4.78, 5) is 36.7. The van der Waals surface area contributed by atoms with Crippen molar-refractivity contribution in [2.45, 2.75) is 12.8 Å². The van der Waals surface area contributed by atoms with Crippen LogP contribution < -0.4 is 10.2 Å². The average molecular weight is 340 g/mol. The lowest BCUT2D eigenvalue weighted by atomic mass is 10.0. The molecule has 0 aliphatic carbocycles. The summed E-state index contributed by atoms with van der Waals surface area (Å²) in [7, 11) is 0. The minimum absolute atomic E-state index is 0.0403. The molecule has 0 fully saturated rings. The summed E-state index contributed by atoms with van der Waals surface area (Å²) in [6.07, 6.45) is 1.63. The first-order valence-corrected chi connectivity index (χ1v) is 8.01. The molecule has 2 amide bonds. The van der Waals surface area contributed by atoms with E-state index in [9.17, 15) is 18.8 Å². The molecule has 0 unspecified atom stereocenters. The SMILES string of the molecule is O=CN1CCc2cc(C(=O)CCNC(=O)c3ccccc3F)ccc21. The van der Waals surface area contributed by atoms with Crippen LogP contribution in [0.25, 0.3) is 0 Å². The zero-order valence-electron chi connectivity index (χ0n) is 13.5. The number of fused-ring (bicyclic) bond motifs is 1. The second-order valence-electron chi connectivity index (χ2n) is 5.80.